The van der Waals surface area contributed by atoms with Crippen LogP contribution in [0, 0.1) is 0 Å². The third kappa shape index (κ3) is 2.96. The standard InChI is InChI=1S/C16H25BO5/c1-15(2)16(3,4)22-17(21-15)12-8-11(10-18-5)14(20-7)13(9-12)19-6/h8-9H,10H2,1-7H3. The smallest absolute Gasteiger partial charge is 0.493 e. The minimum absolute atomic E-state index is 0.383. The largest absolute Gasteiger partial charge is 0.494 e. The molecule has 0 aromatic heterocycles. The summed E-state index contributed by atoms with van der Waals surface area (Å²) in [6.07, 6.45) is 0. The van der Waals surface area contributed by atoms with E-state index in [2.05, 4.69) is 0 Å². The first-order valence-corrected chi connectivity index (χ1v) is 7.35. The van der Waals surface area contributed by atoms with Gasteiger partial charge in [-0.15, -0.1) is 0 Å². The quantitative estimate of drug-likeness (QED) is 0.780. The Morgan fingerprint density at radius 1 is 0.955 bits per heavy atom. The molecule has 0 bridgehead atoms. The summed E-state index contributed by atoms with van der Waals surface area (Å²) in [5, 5.41) is 0. The average Bonchev–Trinajstić information content (AvgIpc) is 2.67. The van der Waals surface area contributed by atoms with E-state index in [-0.39, 0.29) is 11.2 Å². The van der Waals surface area contributed by atoms with Gasteiger partial charge in [-0.25, -0.2) is 0 Å². The molecule has 2 rings (SSSR count). The Morgan fingerprint density at radius 3 is 2.00 bits per heavy atom. The Morgan fingerprint density at radius 2 is 1.55 bits per heavy atom. The van der Waals surface area contributed by atoms with E-state index < -0.39 is 7.12 Å². The summed E-state index contributed by atoms with van der Waals surface area (Å²) in [5.74, 6) is 1.31. The Bertz CT molecular complexity index is 526. The number of hydrogen-bond donors (Lipinski definition) is 0. The molecule has 0 radical (unpaired) electrons. The van der Waals surface area contributed by atoms with Gasteiger partial charge >= 0.3 is 7.12 Å². The Balaban J connectivity index is 2.42. The van der Waals surface area contributed by atoms with E-state index in [1.54, 1.807) is 21.3 Å². The molecule has 1 saturated heterocycles. The zero-order valence-electron chi connectivity index (χ0n) is 14.5. The number of benzene rings is 1. The maximum Gasteiger partial charge on any atom is 0.494 e. The molecule has 1 aliphatic heterocycles. The summed E-state index contributed by atoms with van der Waals surface area (Å²) < 4.78 is 28.3. The molecule has 0 atom stereocenters. The van der Waals surface area contributed by atoms with E-state index in [0.29, 0.717) is 18.1 Å². The van der Waals surface area contributed by atoms with Crippen LogP contribution in [0.1, 0.15) is 33.3 Å². The van der Waals surface area contributed by atoms with Gasteiger partial charge < -0.3 is 23.5 Å². The van der Waals surface area contributed by atoms with Crippen molar-refractivity contribution >= 4 is 12.6 Å². The molecule has 0 saturated carbocycles. The van der Waals surface area contributed by atoms with Gasteiger partial charge in [-0.2, -0.15) is 0 Å². The van der Waals surface area contributed by atoms with Gasteiger partial charge in [0.15, 0.2) is 11.5 Å². The number of ether oxygens (including phenoxy) is 3. The van der Waals surface area contributed by atoms with Gasteiger partial charge in [0, 0.05) is 12.7 Å². The first kappa shape index (κ1) is 17.1. The van der Waals surface area contributed by atoms with Crippen molar-refractivity contribution in [2.24, 2.45) is 0 Å². The highest BCUT2D eigenvalue weighted by Gasteiger charge is 2.51. The molecular formula is C16H25BO5. The highest BCUT2D eigenvalue weighted by Crippen LogP contribution is 2.38. The average molecular weight is 308 g/mol. The van der Waals surface area contributed by atoms with Crippen LogP contribution in [0.5, 0.6) is 11.5 Å². The molecule has 0 N–H and O–H groups in total. The van der Waals surface area contributed by atoms with Crippen molar-refractivity contribution in [3.05, 3.63) is 17.7 Å². The number of hydrogen-bond acceptors (Lipinski definition) is 5. The van der Waals surface area contributed by atoms with Crippen LogP contribution in [0.25, 0.3) is 0 Å². The summed E-state index contributed by atoms with van der Waals surface area (Å²) in [4.78, 5) is 0. The fourth-order valence-electron chi connectivity index (χ4n) is 2.44. The zero-order valence-corrected chi connectivity index (χ0v) is 14.5. The van der Waals surface area contributed by atoms with Crippen LogP contribution < -0.4 is 14.9 Å². The van der Waals surface area contributed by atoms with Crippen molar-refractivity contribution in [2.75, 3.05) is 21.3 Å². The molecule has 1 aliphatic rings. The third-order valence-electron chi connectivity index (χ3n) is 4.40. The van der Waals surface area contributed by atoms with E-state index in [1.807, 2.05) is 39.8 Å². The molecule has 1 heterocycles. The zero-order chi connectivity index (χ0) is 16.5. The van der Waals surface area contributed by atoms with Crippen molar-refractivity contribution in [1.29, 1.82) is 0 Å². The summed E-state index contributed by atoms with van der Waals surface area (Å²) in [6.45, 7) is 8.55. The van der Waals surface area contributed by atoms with Crippen LogP contribution >= 0.6 is 0 Å². The Kier molecular flexibility index (Phi) is 4.75. The first-order valence-electron chi connectivity index (χ1n) is 7.35. The van der Waals surface area contributed by atoms with Crippen molar-refractivity contribution in [3.63, 3.8) is 0 Å². The predicted molar refractivity (Wildman–Crippen MR) is 86.0 cm³/mol. The van der Waals surface area contributed by atoms with Crippen LogP contribution in [0.15, 0.2) is 12.1 Å². The van der Waals surface area contributed by atoms with Gasteiger partial charge in [-0.3, -0.25) is 0 Å². The lowest BCUT2D eigenvalue weighted by molar-refractivity contribution is 0.00578. The Hall–Kier alpha value is -1.24. The lowest BCUT2D eigenvalue weighted by Gasteiger charge is -2.32. The van der Waals surface area contributed by atoms with Crippen molar-refractivity contribution in [3.8, 4) is 11.5 Å². The summed E-state index contributed by atoms with van der Waals surface area (Å²) in [5.41, 5.74) is 1.02. The molecule has 1 aromatic rings. The fraction of sp³-hybridized carbons (Fsp3) is 0.625. The summed E-state index contributed by atoms with van der Waals surface area (Å²) in [6, 6.07) is 3.87. The van der Waals surface area contributed by atoms with Gasteiger partial charge in [-0.05, 0) is 39.2 Å². The second kappa shape index (κ2) is 6.10. The van der Waals surface area contributed by atoms with Crippen molar-refractivity contribution in [1.82, 2.24) is 0 Å². The summed E-state index contributed by atoms with van der Waals surface area (Å²) in [7, 11) is 4.43. The van der Waals surface area contributed by atoms with Gasteiger partial charge in [0.1, 0.15) is 0 Å². The van der Waals surface area contributed by atoms with Crippen molar-refractivity contribution < 1.29 is 23.5 Å². The number of rotatable bonds is 5. The van der Waals surface area contributed by atoms with Crippen LogP contribution in [0.2, 0.25) is 0 Å². The number of methoxy groups -OCH3 is 3. The molecule has 122 valence electrons. The van der Waals surface area contributed by atoms with Crippen molar-refractivity contribution in [2.45, 2.75) is 45.5 Å². The lowest BCUT2D eigenvalue weighted by atomic mass is 9.78. The van der Waals surface area contributed by atoms with E-state index >= 15 is 0 Å². The lowest BCUT2D eigenvalue weighted by Crippen LogP contribution is -2.41. The second-order valence-electron chi connectivity index (χ2n) is 6.44. The van der Waals surface area contributed by atoms with Crippen LogP contribution in [0.3, 0.4) is 0 Å². The topological polar surface area (TPSA) is 46.2 Å². The molecule has 1 aromatic carbocycles. The third-order valence-corrected chi connectivity index (χ3v) is 4.40. The molecule has 0 spiro atoms. The van der Waals surface area contributed by atoms with Gasteiger partial charge in [0.2, 0.25) is 0 Å². The van der Waals surface area contributed by atoms with Crippen LogP contribution in [-0.2, 0) is 20.7 Å². The molecular weight excluding hydrogens is 283 g/mol. The minimum atomic E-state index is -0.444. The molecule has 1 fully saturated rings. The maximum atomic E-state index is 6.10. The highest BCUT2D eigenvalue weighted by atomic mass is 16.7. The maximum absolute atomic E-state index is 6.10. The molecule has 22 heavy (non-hydrogen) atoms. The van der Waals surface area contributed by atoms with Gasteiger partial charge in [-0.1, -0.05) is 6.07 Å². The fourth-order valence-corrected chi connectivity index (χ4v) is 2.44. The van der Waals surface area contributed by atoms with Crippen LogP contribution in [0.4, 0.5) is 0 Å². The second-order valence-corrected chi connectivity index (χ2v) is 6.44. The molecule has 6 heteroatoms. The molecule has 5 nitrogen and oxygen atoms in total. The normalized spacial score (nSPS) is 19.3. The van der Waals surface area contributed by atoms with E-state index in [1.165, 1.54) is 0 Å². The Labute approximate surface area is 133 Å². The minimum Gasteiger partial charge on any atom is -0.493 e. The van der Waals surface area contributed by atoms with Gasteiger partial charge in [0.25, 0.3) is 0 Å². The molecule has 0 unspecified atom stereocenters. The molecule has 0 aliphatic carbocycles. The van der Waals surface area contributed by atoms with E-state index in [4.69, 9.17) is 23.5 Å². The highest BCUT2D eigenvalue weighted by molar-refractivity contribution is 6.62. The van der Waals surface area contributed by atoms with Gasteiger partial charge in [0.05, 0.1) is 32.0 Å². The van der Waals surface area contributed by atoms with Crippen LogP contribution in [-0.4, -0.2) is 39.6 Å². The SMILES string of the molecule is COCc1cc(B2OC(C)(C)C(C)(C)O2)cc(OC)c1OC. The van der Waals surface area contributed by atoms with E-state index in [0.717, 1.165) is 11.0 Å². The summed E-state index contributed by atoms with van der Waals surface area (Å²) >= 11 is 0. The predicted octanol–water partition coefficient (Wildman–Crippen LogP) is 2.15. The van der Waals surface area contributed by atoms with E-state index in [9.17, 15) is 0 Å². The monoisotopic (exact) mass is 308 g/mol. The molecule has 0 amide bonds. The first-order chi connectivity index (χ1) is 10.3.